The number of aromatic nitrogens is 2. The molecule has 22 heavy (non-hydrogen) atoms. The fraction of sp³-hybridized carbons (Fsp3) is 0.125. The molecule has 0 radical (unpaired) electrons. The summed E-state index contributed by atoms with van der Waals surface area (Å²) in [7, 11) is 0. The largest absolute Gasteiger partial charge is 0.365 e. The van der Waals surface area contributed by atoms with Gasteiger partial charge in [-0.15, -0.1) is 0 Å². The number of rotatable bonds is 3. The number of hydrogen-bond donors (Lipinski definition) is 1. The number of nitrogens with zero attached hydrogens (tertiary/aromatic N) is 2. The highest BCUT2D eigenvalue weighted by Gasteiger charge is 2.09. The lowest BCUT2D eigenvalue weighted by Crippen LogP contribution is -2.13. The lowest BCUT2D eigenvalue weighted by Gasteiger charge is -2.09. The van der Waals surface area contributed by atoms with Gasteiger partial charge in [-0.3, -0.25) is 4.79 Å². The minimum absolute atomic E-state index is 0.0652. The van der Waals surface area contributed by atoms with E-state index in [2.05, 4.69) is 10.4 Å². The van der Waals surface area contributed by atoms with E-state index in [1.165, 1.54) is 6.07 Å². The molecule has 0 saturated carbocycles. The zero-order valence-electron chi connectivity index (χ0n) is 11.8. The first-order valence-corrected chi connectivity index (χ1v) is 7.47. The van der Waals surface area contributed by atoms with Crippen molar-refractivity contribution >= 4 is 39.8 Å². The summed E-state index contributed by atoms with van der Waals surface area (Å²) < 4.78 is 1.65. The van der Waals surface area contributed by atoms with Crippen LogP contribution in [0.3, 0.4) is 0 Å². The van der Waals surface area contributed by atoms with Crippen molar-refractivity contribution in [3.05, 3.63) is 68.4 Å². The summed E-state index contributed by atoms with van der Waals surface area (Å²) in [5.41, 5.74) is 2.05. The Morgan fingerprint density at radius 3 is 2.73 bits per heavy atom. The molecule has 2 aromatic carbocycles. The highest BCUT2D eigenvalue weighted by atomic mass is 35.5. The van der Waals surface area contributed by atoms with E-state index >= 15 is 0 Å². The first-order valence-electron chi connectivity index (χ1n) is 6.71. The second-order valence-electron chi connectivity index (χ2n) is 4.89. The van der Waals surface area contributed by atoms with E-state index in [4.69, 9.17) is 23.2 Å². The smallest absolute Gasteiger partial charge is 0.204 e. The number of nitrogens with one attached hydrogen (secondary N) is 1. The Kier molecular flexibility index (Phi) is 4.05. The molecular formula is C16H13Cl2N3O. The van der Waals surface area contributed by atoms with Gasteiger partial charge < -0.3 is 5.32 Å². The van der Waals surface area contributed by atoms with Gasteiger partial charge >= 0.3 is 0 Å². The first kappa shape index (κ1) is 14.9. The third-order valence-electron chi connectivity index (χ3n) is 3.38. The van der Waals surface area contributed by atoms with Gasteiger partial charge in [-0.05, 0) is 31.2 Å². The van der Waals surface area contributed by atoms with Gasteiger partial charge in [0.05, 0.1) is 16.4 Å². The Bertz CT molecular complexity index is 906. The minimum atomic E-state index is -0.0652. The average molecular weight is 334 g/mol. The van der Waals surface area contributed by atoms with Gasteiger partial charge in [0.25, 0.3) is 0 Å². The van der Waals surface area contributed by atoms with Crippen LogP contribution in [0.25, 0.3) is 10.9 Å². The van der Waals surface area contributed by atoms with E-state index in [0.717, 1.165) is 16.8 Å². The van der Waals surface area contributed by atoms with Gasteiger partial charge in [0.2, 0.25) is 5.43 Å². The summed E-state index contributed by atoms with van der Waals surface area (Å²) in [6.45, 7) is 2.22. The topological polar surface area (TPSA) is 46.9 Å². The number of anilines is 1. The van der Waals surface area contributed by atoms with Crippen LogP contribution in [-0.2, 0) is 6.67 Å². The van der Waals surface area contributed by atoms with E-state index in [1.54, 1.807) is 28.9 Å². The Morgan fingerprint density at radius 1 is 1.18 bits per heavy atom. The predicted molar refractivity (Wildman–Crippen MR) is 90.8 cm³/mol. The maximum Gasteiger partial charge on any atom is 0.204 e. The quantitative estimate of drug-likeness (QED) is 0.785. The lowest BCUT2D eigenvalue weighted by molar-refractivity contribution is 0.685. The summed E-state index contributed by atoms with van der Waals surface area (Å²) in [6, 6.07) is 12.2. The van der Waals surface area contributed by atoms with Crippen LogP contribution in [-0.4, -0.2) is 9.78 Å². The maximum absolute atomic E-state index is 12.2. The van der Waals surface area contributed by atoms with Crippen LogP contribution in [0, 0.1) is 6.92 Å². The predicted octanol–water partition coefficient (Wildman–Crippen LogP) is 4.08. The molecule has 0 unspecified atom stereocenters. The summed E-state index contributed by atoms with van der Waals surface area (Å²) in [5.74, 6) is 0. The van der Waals surface area contributed by atoms with Crippen molar-refractivity contribution in [1.82, 2.24) is 9.78 Å². The van der Waals surface area contributed by atoms with Crippen molar-refractivity contribution in [3.63, 3.8) is 0 Å². The standard InChI is InChI=1S/C16H13Cl2N3O/c1-10-12-4-2-3-5-15(22)16(12)21(20-10)9-19-14-7-6-11(17)8-13(14)18/h2-8,19H,9H2,1H3. The van der Waals surface area contributed by atoms with Crippen LogP contribution in [0.4, 0.5) is 5.69 Å². The molecule has 1 N–H and O–H groups in total. The molecule has 0 fully saturated rings. The van der Waals surface area contributed by atoms with E-state index < -0.39 is 0 Å². The molecule has 1 aromatic heterocycles. The van der Waals surface area contributed by atoms with E-state index in [9.17, 15) is 4.79 Å². The van der Waals surface area contributed by atoms with Crippen molar-refractivity contribution in [2.45, 2.75) is 13.6 Å². The van der Waals surface area contributed by atoms with Crippen molar-refractivity contribution in [2.75, 3.05) is 5.32 Å². The van der Waals surface area contributed by atoms with Gasteiger partial charge in [-0.25, -0.2) is 4.68 Å². The number of benzene rings is 1. The van der Waals surface area contributed by atoms with Crippen molar-refractivity contribution in [2.24, 2.45) is 0 Å². The molecule has 4 nitrogen and oxygen atoms in total. The van der Waals surface area contributed by atoms with Gasteiger partial charge in [0.15, 0.2) is 0 Å². The van der Waals surface area contributed by atoms with Crippen LogP contribution < -0.4 is 10.7 Å². The normalized spacial score (nSPS) is 10.9. The van der Waals surface area contributed by atoms with Crippen LogP contribution in [0.1, 0.15) is 5.69 Å². The molecule has 0 aliphatic heterocycles. The van der Waals surface area contributed by atoms with E-state index in [0.29, 0.717) is 22.2 Å². The molecule has 0 atom stereocenters. The monoisotopic (exact) mass is 333 g/mol. The molecule has 0 aliphatic rings. The highest BCUT2D eigenvalue weighted by molar-refractivity contribution is 6.36. The average Bonchev–Trinajstić information content (AvgIpc) is 2.65. The summed E-state index contributed by atoms with van der Waals surface area (Å²) in [4.78, 5) is 12.2. The summed E-state index contributed by atoms with van der Waals surface area (Å²) in [6.07, 6.45) is 0. The van der Waals surface area contributed by atoms with Crippen molar-refractivity contribution < 1.29 is 0 Å². The highest BCUT2D eigenvalue weighted by Crippen LogP contribution is 2.25. The number of fused-ring (bicyclic) bond motifs is 1. The zero-order chi connectivity index (χ0) is 15.7. The van der Waals surface area contributed by atoms with Crippen LogP contribution in [0.15, 0.2) is 47.3 Å². The summed E-state index contributed by atoms with van der Waals surface area (Å²) in [5, 5.41) is 9.54. The van der Waals surface area contributed by atoms with Crippen LogP contribution in [0.2, 0.25) is 10.0 Å². The SMILES string of the molecule is Cc1nn(CNc2ccc(Cl)cc2Cl)c2c(=O)ccccc12. The van der Waals surface area contributed by atoms with E-state index in [1.807, 2.05) is 19.1 Å². The molecule has 6 heteroatoms. The van der Waals surface area contributed by atoms with Gasteiger partial charge in [0, 0.05) is 10.4 Å². The molecule has 0 bridgehead atoms. The molecule has 0 saturated heterocycles. The van der Waals surface area contributed by atoms with Crippen molar-refractivity contribution in [1.29, 1.82) is 0 Å². The third kappa shape index (κ3) is 2.80. The molecular weight excluding hydrogens is 321 g/mol. The van der Waals surface area contributed by atoms with Crippen molar-refractivity contribution in [3.8, 4) is 0 Å². The molecule has 0 amide bonds. The Labute approximate surface area is 137 Å². The van der Waals surface area contributed by atoms with Crippen LogP contribution >= 0.6 is 23.2 Å². The number of halogens is 2. The summed E-state index contributed by atoms with van der Waals surface area (Å²) >= 11 is 12.0. The second-order valence-corrected chi connectivity index (χ2v) is 5.73. The second kappa shape index (κ2) is 5.99. The fourth-order valence-corrected chi connectivity index (χ4v) is 2.81. The maximum atomic E-state index is 12.2. The zero-order valence-corrected chi connectivity index (χ0v) is 13.3. The molecule has 0 spiro atoms. The van der Waals surface area contributed by atoms with Gasteiger partial charge in [0.1, 0.15) is 12.2 Å². The Morgan fingerprint density at radius 2 is 1.95 bits per heavy atom. The van der Waals surface area contributed by atoms with Gasteiger partial charge in [-0.2, -0.15) is 5.10 Å². The number of aryl methyl sites for hydroxylation is 1. The molecule has 112 valence electrons. The molecule has 1 heterocycles. The van der Waals surface area contributed by atoms with Crippen LogP contribution in [0.5, 0.6) is 0 Å². The van der Waals surface area contributed by atoms with Gasteiger partial charge in [-0.1, -0.05) is 41.4 Å². The Hall–Kier alpha value is -2.04. The molecule has 3 aromatic rings. The third-order valence-corrected chi connectivity index (χ3v) is 3.93. The molecule has 0 aliphatic carbocycles. The van der Waals surface area contributed by atoms with E-state index in [-0.39, 0.29) is 5.43 Å². The molecule has 3 rings (SSSR count). The fourth-order valence-electron chi connectivity index (χ4n) is 2.34. The Balaban J connectivity index is 1.98. The number of hydrogen-bond acceptors (Lipinski definition) is 3. The lowest BCUT2D eigenvalue weighted by atomic mass is 10.3. The minimum Gasteiger partial charge on any atom is -0.365 e. The first-order chi connectivity index (χ1) is 10.6.